The fourth-order valence-corrected chi connectivity index (χ4v) is 3.32. The van der Waals surface area contributed by atoms with Gasteiger partial charge in [0.25, 0.3) is 0 Å². The number of nitrogens with one attached hydrogen (secondary N) is 1. The molecule has 2 aromatic carbocycles. The Balaban J connectivity index is 2.52. The van der Waals surface area contributed by atoms with Crippen LogP contribution in [0.1, 0.15) is 15.9 Å². The van der Waals surface area contributed by atoms with E-state index in [-0.39, 0.29) is 16.8 Å². The van der Waals surface area contributed by atoms with Crippen molar-refractivity contribution in [2.45, 2.75) is 19.6 Å². The Labute approximate surface area is 139 Å². The van der Waals surface area contributed by atoms with E-state index in [1.54, 1.807) is 12.1 Å². The number of carbonyl (C=O) groups is 1. The molecule has 124 valence electrons. The smallest absolute Gasteiger partial charge is 0.337 e. The van der Waals surface area contributed by atoms with E-state index in [4.69, 9.17) is 5.26 Å². The van der Waals surface area contributed by atoms with Crippen LogP contribution in [-0.4, -0.2) is 19.1 Å². The van der Waals surface area contributed by atoms with E-state index in [2.05, 4.69) is 25.0 Å². The highest BCUT2D eigenvalue weighted by atomic mass is 28.3. The highest BCUT2D eigenvalue weighted by Gasteiger charge is 2.21. The average Bonchev–Trinajstić information content (AvgIpc) is 2.49. The van der Waals surface area contributed by atoms with Crippen LogP contribution >= 0.6 is 0 Å². The summed E-state index contributed by atoms with van der Waals surface area (Å²) in [4.78, 5) is 11.3. The molecule has 4 nitrogen and oxygen atoms in total. The molecule has 7 heteroatoms. The summed E-state index contributed by atoms with van der Waals surface area (Å²) >= 11 is 0. The average molecular weight is 346 g/mol. The zero-order chi connectivity index (χ0) is 18.1. The summed E-state index contributed by atoms with van der Waals surface area (Å²) in [6.07, 6.45) is 0. The van der Waals surface area contributed by atoms with Crippen LogP contribution in [0.15, 0.2) is 30.3 Å². The lowest BCUT2D eigenvalue weighted by atomic mass is 10.1. The molecule has 0 atom stereocenters. The number of carboxylic acids is 1. The normalized spacial score (nSPS) is 11.0. The Bertz CT molecular complexity index is 855. The second-order valence-electron chi connectivity index (χ2n) is 6.34. The van der Waals surface area contributed by atoms with E-state index >= 15 is 0 Å². The maximum atomic E-state index is 14.3. The molecule has 0 saturated carbocycles. The summed E-state index contributed by atoms with van der Waals surface area (Å²) < 4.78 is 28.7. The number of anilines is 2. The van der Waals surface area contributed by atoms with Crippen molar-refractivity contribution in [1.29, 1.82) is 5.26 Å². The summed E-state index contributed by atoms with van der Waals surface area (Å²) in [7, 11) is -1.71. The molecule has 0 amide bonds. The van der Waals surface area contributed by atoms with Gasteiger partial charge in [-0.1, -0.05) is 30.9 Å². The summed E-state index contributed by atoms with van der Waals surface area (Å²) in [6, 6.07) is 8.39. The number of nitriles is 1. The van der Waals surface area contributed by atoms with Crippen LogP contribution in [0, 0.1) is 23.0 Å². The van der Waals surface area contributed by atoms with Gasteiger partial charge in [0.2, 0.25) is 0 Å². The zero-order valence-electron chi connectivity index (χ0n) is 13.4. The third-order valence-electron chi connectivity index (χ3n) is 3.59. The molecule has 0 spiro atoms. The molecule has 0 fully saturated rings. The Morgan fingerprint density at radius 3 is 2.38 bits per heavy atom. The topological polar surface area (TPSA) is 73.1 Å². The predicted molar refractivity (Wildman–Crippen MR) is 90.7 cm³/mol. The van der Waals surface area contributed by atoms with Crippen LogP contribution in [0.3, 0.4) is 0 Å². The number of benzene rings is 2. The molecule has 2 N–H and O–H groups in total. The van der Waals surface area contributed by atoms with Crippen molar-refractivity contribution in [3.63, 3.8) is 0 Å². The van der Waals surface area contributed by atoms with Gasteiger partial charge in [0.05, 0.1) is 30.6 Å². The first-order valence-electron chi connectivity index (χ1n) is 7.18. The molecule has 0 radical (unpaired) electrons. The fraction of sp³-hybridized carbons (Fsp3) is 0.176. The van der Waals surface area contributed by atoms with Crippen molar-refractivity contribution in [3.8, 4) is 6.07 Å². The maximum Gasteiger partial charge on any atom is 0.337 e. The Hall–Kier alpha value is -2.72. The number of hydrogen-bond donors (Lipinski definition) is 2. The minimum absolute atomic E-state index is 0.0477. The summed E-state index contributed by atoms with van der Waals surface area (Å²) in [6.45, 7) is 6.19. The number of nitrogens with zero attached hydrogens (tertiary/aromatic N) is 1. The molecule has 0 saturated heterocycles. The molecule has 2 rings (SSSR count). The third-order valence-corrected chi connectivity index (χ3v) is 5.63. The number of hydrogen-bond acceptors (Lipinski definition) is 3. The van der Waals surface area contributed by atoms with Crippen LogP contribution < -0.4 is 10.5 Å². The monoisotopic (exact) mass is 346 g/mol. The first kappa shape index (κ1) is 17.6. The molecule has 0 aromatic heterocycles. The van der Waals surface area contributed by atoms with E-state index in [9.17, 15) is 18.7 Å². The zero-order valence-corrected chi connectivity index (χ0v) is 14.4. The first-order valence-corrected chi connectivity index (χ1v) is 10.7. The van der Waals surface area contributed by atoms with Crippen molar-refractivity contribution in [3.05, 3.63) is 53.1 Å². The number of rotatable bonds is 4. The van der Waals surface area contributed by atoms with Gasteiger partial charge in [0.15, 0.2) is 5.82 Å². The van der Waals surface area contributed by atoms with Gasteiger partial charge < -0.3 is 10.4 Å². The van der Waals surface area contributed by atoms with Gasteiger partial charge in [0, 0.05) is 0 Å². The number of carboxylic acid groups (broad SMARTS) is 1. The van der Waals surface area contributed by atoms with Crippen LogP contribution in [0.2, 0.25) is 19.6 Å². The minimum Gasteiger partial charge on any atom is -0.478 e. The second kappa shape index (κ2) is 6.41. The van der Waals surface area contributed by atoms with Gasteiger partial charge in [-0.25, -0.2) is 13.6 Å². The predicted octanol–water partition coefficient (Wildman–Crippen LogP) is 3.82. The minimum atomic E-state index is -1.71. The Morgan fingerprint density at radius 1 is 1.21 bits per heavy atom. The third kappa shape index (κ3) is 3.44. The van der Waals surface area contributed by atoms with Gasteiger partial charge in [-0.2, -0.15) is 5.26 Å². The lowest BCUT2D eigenvalue weighted by Crippen LogP contribution is -2.37. The summed E-state index contributed by atoms with van der Waals surface area (Å²) in [5.41, 5.74) is -1.17. The van der Waals surface area contributed by atoms with Crippen molar-refractivity contribution < 1.29 is 18.7 Å². The quantitative estimate of drug-likeness (QED) is 0.826. The molecule has 0 aliphatic carbocycles. The molecule has 0 unspecified atom stereocenters. The van der Waals surface area contributed by atoms with Crippen LogP contribution in [-0.2, 0) is 0 Å². The van der Waals surface area contributed by atoms with Gasteiger partial charge in [-0.15, -0.1) is 0 Å². The molecule has 0 heterocycles. The molecule has 0 bridgehead atoms. The standard InChI is InChI=1S/C17H16F2N2O2Si/c1-24(2,3)11-5-7-14(13(18)8-11)21-16-12(17(22)23)6-4-10(9-20)15(16)19/h4-8,21H,1-3H3,(H,22,23). The van der Waals surface area contributed by atoms with E-state index in [1.807, 2.05) is 0 Å². The fourth-order valence-electron chi connectivity index (χ4n) is 2.18. The van der Waals surface area contributed by atoms with E-state index < -0.39 is 31.4 Å². The van der Waals surface area contributed by atoms with Crippen LogP contribution in [0.4, 0.5) is 20.2 Å². The SMILES string of the molecule is C[Si](C)(C)c1ccc(Nc2c(C(=O)O)ccc(C#N)c2F)c(F)c1. The number of aromatic carboxylic acids is 1. The molecular weight excluding hydrogens is 330 g/mol. The first-order chi connectivity index (χ1) is 11.1. The highest BCUT2D eigenvalue weighted by Crippen LogP contribution is 2.28. The van der Waals surface area contributed by atoms with Gasteiger partial charge in [-0.3, -0.25) is 0 Å². The van der Waals surface area contributed by atoms with Gasteiger partial charge in [-0.05, 0) is 24.3 Å². The molecular formula is C17H16F2N2O2Si. The largest absolute Gasteiger partial charge is 0.478 e. The lowest BCUT2D eigenvalue weighted by Gasteiger charge is -2.18. The van der Waals surface area contributed by atoms with Gasteiger partial charge in [0.1, 0.15) is 11.9 Å². The van der Waals surface area contributed by atoms with Crippen LogP contribution in [0.25, 0.3) is 0 Å². The summed E-state index contributed by atoms with van der Waals surface area (Å²) in [5, 5.41) is 21.4. The molecule has 2 aromatic rings. The van der Waals surface area contributed by atoms with Crippen LogP contribution in [0.5, 0.6) is 0 Å². The van der Waals surface area contributed by atoms with E-state index in [0.717, 1.165) is 17.3 Å². The maximum absolute atomic E-state index is 14.3. The molecule has 0 aliphatic rings. The van der Waals surface area contributed by atoms with E-state index in [1.165, 1.54) is 12.1 Å². The lowest BCUT2D eigenvalue weighted by molar-refractivity contribution is 0.0697. The van der Waals surface area contributed by atoms with E-state index in [0.29, 0.717) is 0 Å². The Kier molecular flexibility index (Phi) is 4.71. The molecule has 24 heavy (non-hydrogen) atoms. The van der Waals surface area contributed by atoms with Crippen molar-refractivity contribution in [1.82, 2.24) is 0 Å². The van der Waals surface area contributed by atoms with Crippen molar-refractivity contribution in [2.75, 3.05) is 5.32 Å². The number of halogens is 2. The molecule has 0 aliphatic heterocycles. The van der Waals surface area contributed by atoms with Crippen molar-refractivity contribution >= 4 is 30.6 Å². The highest BCUT2D eigenvalue weighted by molar-refractivity contribution is 6.88. The Morgan fingerprint density at radius 2 is 1.88 bits per heavy atom. The summed E-state index contributed by atoms with van der Waals surface area (Å²) in [5.74, 6) is -3.00. The van der Waals surface area contributed by atoms with Gasteiger partial charge >= 0.3 is 5.97 Å². The van der Waals surface area contributed by atoms with Crippen molar-refractivity contribution in [2.24, 2.45) is 0 Å². The second-order valence-corrected chi connectivity index (χ2v) is 11.4.